The van der Waals surface area contributed by atoms with E-state index in [4.69, 9.17) is 0 Å². The summed E-state index contributed by atoms with van der Waals surface area (Å²) in [6, 6.07) is 12.2. The third-order valence-corrected chi connectivity index (χ3v) is 4.91. The lowest BCUT2D eigenvalue weighted by Crippen LogP contribution is -2.40. The van der Waals surface area contributed by atoms with Gasteiger partial charge < -0.3 is 4.90 Å². The van der Waals surface area contributed by atoms with Crippen LogP contribution in [0, 0.1) is 5.92 Å². The molecule has 0 aliphatic carbocycles. The summed E-state index contributed by atoms with van der Waals surface area (Å²) < 4.78 is 1.68. The Morgan fingerprint density at radius 2 is 2.16 bits per heavy atom. The highest BCUT2D eigenvalue weighted by molar-refractivity contribution is 5.92. The molecule has 0 saturated carbocycles. The van der Waals surface area contributed by atoms with Crippen LogP contribution < -0.4 is 0 Å². The quantitative estimate of drug-likeness (QED) is 0.740. The zero-order valence-corrected chi connectivity index (χ0v) is 14.4. The molecule has 1 amide bonds. The minimum atomic E-state index is 0.0435. The highest BCUT2D eigenvalue weighted by Crippen LogP contribution is 2.23. The second kappa shape index (κ2) is 6.67. The van der Waals surface area contributed by atoms with Crippen LogP contribution in [0.5, 0.6) is 0 Å². The van der Waals surface area contributed by atoms with Crippen LogP contribution in [-0.2, 0) is 13.5 Å². The molecule has 3 aromatic rings. The van der Waals surface area contributed by atoms with E-state index < -0.39 is 0 Å². The number of benzene rings is 1. The molecule has 5 heteroatoms. The topological polar surface area (TPSA) is 51.0 Å². The van der Waals surface area contributed by atoms with E-state index in [1.807, 2.05) is 42.5 Å². The second-order valence-electron chi connectivity index (χ2n) is 6.87. The lowest BCUT2D eigenvalue weighted by Gasteiger charge is -2.32. The maximum Gasteiger partial charge on any atom is 0.274 e. The SMILES string of the molecule is Cn1ccc(C(=O)N2CCC[C@@H](Cc3cnc4ccccc4c3)C2)n1. The molecule has 1 fully saturated rings. The summed E-state index contributed by atoms with van der Waals surface area (Å²) in [4.78, 5) is 19.1. The van der Waals surface area contributed by atoms with Crippen molar-refractivity contribution in [2.24, 2.45) is 13.0 Å². The molecular weight excluding hydrogens is 312 g/mol. The first kappa shape index (κ1) is 15.8. The fourth-order valence-electron chi connectivity index (χ4n) is 3.67. The van der Waals surface area contributed by atoms with Crippen molar-refractivity contribution in [2.45, 2.75) is 19.3 Å². The van der Waals surface area contributed by atoms with Gasteiger partial charge in [0, 0.05) is 37.9 Å². The predicted octanol–water partition coefficient (Wildman–Crippen LogP) is 3.06. The number of hydrogen-bond acceptors (Lipinski definition) is 3. The number of aryl methyl sites for hydroxylation is 1. The molecule has 128 valence electrons. The fraction of sp³-hybridized carbons (Fsp3) is 0.350. The molecule has 2 aromatic heterocycles. The van der Waals surface area contributed by atoms with Crippen molar-refractivity contribution < 1.29 is 4.79 Å². The Kier molecular flexibility index (Phi) is 4.22. The minimum absolute atomic E-state index is 0.0435. The predicted molar refractivity (Wildman–Crippen MR) is 97.3 cm³/mol. The van der Waals surface area contributed by atoms with E-state index in [9.17, 15) is 4.79 Å². The van der Waals surface area contributed by atoms with E-state index in [0.717, 1.165) is 37.9 Å². The molecule has 1 aromatic carbocycles. The number of carbonyl (C=O) groups excluding carboxylic acids is 1. The molecule has 0 N–H and O–H groups in total. The normalized spacial score (nSPS) is 17.8. The third-order valence-electron chi connectivity index (χ3n) is 4.91. The summed E-state index contributed by atoms with van der Waals surface area (Å²) in [5.74, 6) is 0.520. The largest absolute Gasteiger partial charge is 0.337 e. The lowest BCUT2D eigenvalue weighted by molar-refractivity contribution is 0.0666. The van der Waals surface area contributed by atoms with Crippen molar-refractivity contribution >= 4 is 16.8 Å². The lowest BCUT2D eigenvalue weighted by atomic mass is 9.91. The van der Waals surface area contributed by atoms with Gasteiger partial charge in [0.05, 0.1) is 5.52 Å². The smallest absolute Gasteiger partial charge is 0.274 e. The molecule has 1 atom stereocenters. The number of pyridine rings is 1. The van der Waals surface area contributed by atoms with Gasteiger partial charge in [0.2, 0.25) is 0 Å². The number of para-hydroxylation sites is 1. The van der Waals surface area contributed by atoms with E-state index in [1.54, 1.807) is 10.7 Å². The zero-order chi connectivity index (χ0) is 17.2. The van der Waals surface area contributed by atoms with Gasteiger partial charge in [-0.2, -0.15) is 5.10 Å². The van der Waals surface area contributed by atoms with Gasteiger partial charge >= 0.3 is 0 Å². The average molecular weight is 334 g/mol. The molecule has 1 saturated heterocycles. The molecule has 5 nitrogen and oxygen atoms in total. The Morgan fingerprint density at radius 1 is 1.28 bits per heavy atom. The Labute approximate surface area is 147 Å². The van der Waals surface area contributed by atoms with Crippen LogP contribution in [-0.4, -0.2) is 38.7 Å². The second-order valence-corrected chi connectivity index (χ2v) is 6.87. The van der Waals surface area contributed by atoms with Crippen molar-refractivity contribution in [3.05, 3.63) is 60.0 Å². The molecule has 0 spiro atoms. The molecule has 0 radical (unpaired) electrons. The maximum absolute atomic E-state index is 12.6. The third kappa shape index (κ3) is 3.40. The fourth-order valence-corrected chi connectivity index (χ4v) is 3.67. The number of hydrogen-bond donors (Lipinski definition) is 0. The van der Waals surface area contributed by atoms with Crippen molar-refractivity contribution in [1.29, 1.82) is 0 Å². The van der Waals surface area contributed by atoms with Crippen LogP contribution in [0.4, 0.5) is 0 Å². The van der Waals surface area contributed by atoms with Crippen molar-refractivity contribution in [3.8, 4) is 0 Å². The molecule has 3 heterocycles. The molecule has 25 heavy (non-hydrogen) atoms. The van der Waals surface area contributed by atoms with Gasteiger partial charge in [0.15, 0.2) is 0 Å². The monoisotopic (exact) mass is 334 g/mol. The van der Waals surface area contributed by atoms with E-state index in [-0.39, 0.29) is 5.91 Å². The number of carbonyl (C=O) groups is 1. The highest BCUT2D eigenvalue weighted by Gasteiger charge is 2.25. The number of nitrogens with zero attached hydrogens (tertiary/aromatic N) is 4. The Balaban J connectivity index is 1.46. The summed E-state index contributed by atoms with van der Waals surface area (Å²) in [6.45, 7) is 1.62. The number of piperidine rings is 1. The maximum atomic E-state index is 12.6. The van der Waals surface area contributed by atoms with E-state index in [2.05, 4.69) is 22.2 Å². The molecule has 0 unspecified atom stereocenters. The van der Waals surface area contributed by atoms with Crippen LogP contribution >= 0.6 is 0 Å². The summed E-state index contributed by atoms with van der Waals surface area (Å²) >= 11 is 0. The first-order chi connectivity index (χ1) is 12.2. The van der Waals surface area contributed by atoms with Crippen LogP contribution in [0.1, 0.15) is 28.9 Å². The first-order valence-corrected chi connectivity index (χ1v) is 8.81. The van der Waals surface area contributed by atoms with Crippen LogP contribution in [0.3, 0.4) is 0 Å². The molecule has 0 bridgehead atoms. The average Bonchev–Trinajstić information content (AvgIpc) is 3.07. The van der Waals surface area contributed by atoms with E-state index >= 15 is 0 Å². The van der Waals surface area contributed by atoms with Crippen molar-refractivity contribution in [3.63, 3.8) is 0 Å². The Bertz CT molecular complexity index is 901. The zero-order valence-electron chi connectivity index (χ0n) is 14.4. The van der Waals surface area contributed by atoms with Gasteiger partial charge in [0.1, 0.15) is 5.69 Å². The van der Waals surface area contributed by atoms with Gasteiger partial charge in [0.25, 0.3) is 5.91 Å². The van der Waals surface area contributed by atoms with Gasteiger partial charge in [-0.05, 0) is 48.9 Å². The van der Waals surface area contributed by atoms with Crippen LogP contribution in [0.15, 0.2) is 48.8 Å². The summed E-state index contributed by atoms with van der Waals surface area (Å²) in [7, 11) is 1.84. The molecule has 4 rings (SSSR count). The highest BCUT2D eigenvalue weighted by atomic mass is 16.2. The summed E-state index contributed by atoms with van der Waals surface area (Å²) in [5, 5.41) is 5.42. The van der Waals surface area contributed by atoms with E-state index in [1.165, 1.54) is 10.9 Å². The number of rotatable bonds is 3. The molecule has 1 aliphatic heterocycles. The Hall–Kier alpha value is -2.69. The molecular formula is C20H22N4O. The minimum Gasteiger partial charge on any atom is -0.337 e. The summed E-state index contributed by atoms with van der Waals surface area (Å²) in [6.07, 6.45) is 6.95. The van der Waals surface area contributed by atoms with Crippen molar-refractivity contribution in [1.82, 2.24) is 19.7 Å². The molecule has 1 aliphatic rings. The number of aromatic nitrogens is 3. The van der Waals surface area contributed by atoms with Gasteiger partial charge in [-0.1, -0.05) is 18.2 Å². The standard InChI is InChI=1S/C20H22N4O/c1-23-10-8-19(22-23)20(25)24-9-4-5-15(14-24)11-16-12-17-6-2-3-7-18(17)21-13-16/h2-3,6-8,10,12-13,15H,4-5,9,11,14H2,1H3/t15-/m0/s1. The summed E-state index contributed by atoms with van der Waals surface area (Å²) in [5.41, 5.74) is 2.81. The van der Waals surface area contributed by atoms with Crippen LogP contribution in [0.25, 0.3) is 10.9 Å². The number of likely N-dealkylation sites (tertiary alicyclic amines) is 1. The van der Waals surface area contributed by atoms with Crippen LogP contribution in [0.2, 0.25) is 0 Å². The van der Waals surface area contributed by atoms with E-state index in [0.29, 0.717) is 11.6 Å². The van der Waals surface area contributed by atoms with Crippen molar-refractivity contribution in [2.75, 3.05) is 13.1 Å². The number of amides is 1. The van der Waals surface area contributed by atoms with Gasteiger partial charge in [-0.3, -0.25) is 14.5 Å². The Morgan fingerprint density at radius 3 is 3.00 bits per heavy atom. The van der Waals surface area contributed by atoms with Gasteiger partial charge in [-0.15, -0.1) is 0 Å². The van der Waals surface area contributed by atoms with Gasteiger partial charge in [-0.25, -0.2) is 0 Å². The first-order valence-electron chi connectivity index (χ1n) is 8.81. The number of fused-ring (bicyclic) bond motifs is 1.